The van der Waals surface area contributed by atoms with Gasteiger partial charge in [-0.05, 0) is 35.8 Å². The first kappa shape index (κ1) is 25.8. The topological polar surface area (TPSA) is 105 Å². The summed E-state index contributed by atoms with van der Waals surface area (Å²) >= 11 is 0. The molecule has 30 heavy (non-hydrogen) atoms. The van der Waals surface area contributed by atoms with Crippen LogP contribution >= 0.6 is 0 Å². The first-order valence-corrected chi connectivity index (χ1v) is 12.8. The number of amides is 2. The molecule has 0 spiro atoms. The summed E-state index contributed by atoms with van der Waals surface area (Å²) in [5.74, 6) is -2.63. The quantitative estimate of drug-likeness (QED) is 0.485. The molecule has 2 amide bonds. The number of benzene rings is 1. The number of aliphatic carboxylic acids is 1. The molecule has 9 heteroatoms. The van der Waals surface area contributed by atoms with Crippen LogP contribution < -0.4 is 10.6 Å². The highest BCUT2D eigenvalue weighted by Crippen LogP contribution is 2.36. The van der Waals surface area contributed by atoms with Crippen molar-refractivity contribution < 1.29 is 28.3 Å². The van der Waals surface area contributed by atoms with Crippen molar-refractivity contribution in [3.63, 3.8) is 0 Å². The van der Waals surface area contributed by atoms with Crippen LogP contribution in [0.4, 0.5) is 4.39 Å². The Morgan fingerprint density at radius 2 is 1.67 bits per heavy atom. The molecule has 168 valence electrons. The number of carboxylic acid groups (broad SMARTS) is 1. The average molecular weight is 441 g/mol. The predicted molar refractivity (Wildman–Crippen MR) is 115 cm³/mol. The highest BCUT2D eigenvalue weighted by atomic mass is 28.4. The summed E-state index contributed by atoms with van der Waals surface area (Å²) in [6.45, 7) is 11.9. The second kappa shape index (κ2) is 10.7. The van der Waals surface area contributed by atoms with E-state index in [4.69, 9.17) is 4.43 Å². The lowest BCUT2D eigenvalue weighted by Crippen LogP contribution is -2.52. The Morgan fingerprint density at radius 1 is 1.10 bits per heavy atom. The summed E-state index contributed by atoms with van der Waals surface area (Å²) < 4.78 is 19.1. The van der Waals surface area contributed by atoms with Gasteiger partial charge < -0.3 is 20.2 Å². The van der Waals surface area contributed by atoms with Crippen molar-refractivity contribution in [1.82, 2.24) is 10.6 Å². The van der Waals surface area contributed by atoms with E-state index in [9.17, 15) is 23.9 Å². The van der Waals surface area contributed by atoms with Gasteiger partial charge in [-0.2, -0.15) is 0 Å². The van der Waals surface area contributed by atoms with Gasteiger partial charge in [0.1, 0.15) is 17.9 Å². The van der Waals surface area contributed by atoms with Crippen molar-refractivity contribution in [2.75, 3.05) is 6.61 Å². The first-order valence-electron chi connectivity index (χ1n) is 9.91. The summed E-state index contributed by atoms with van der Waals surface area (Å²) in [5, 5.41) is 14.5. The molecule has 7 nitrogen and oxygen atoms in total. The molecule has 1 rings (SSSR count). The molecule has 3 N–H and O–H groups in total. The van der Waals surface area contributed by atoms with Crippen LogP contribution in [0.1, 0.15) is 39.7 Å². The fraction of sp³-hybridized carbons (Fsp3) is 0.571. The molecule has 0 aromatic heterocycles. The number of carbonyl (C=O) groups is 3. The monoisotopic (exact) mass is 440 g/mol. The Labute approximate surface area is 178 Å². The Balaban J connectivity index is 2.80. The van der Waals surface area contributed by atoms with Gasteiger partial charge in [-0.25, -0.2) is 9.18 Å². The normalized spacial score (nSPS) is 14.0. The molecule has 0 unspecified atom stereocenters. The lowest BCUT2D eigenvalue weighted by Gasteiger charge is -2.36. The van der Waals surface area contributed by atoms with Gasteiger partial charge in [0.2, 0.25) is 11.8 Å². The number of carbonyl (C=O) groups excluding carboxylic acids is 2. The van der Waals surface area contributed by atoms with Gasteiger partial charge in [0.05, 0.1) is 0 Å². The van der Waals surface area contributed by atoms with Crippen LogP contribution in [0.15, 0.2) is 24.3 Å². The highest BCUT2D eigenvalue weighted by molar-refractivity contribution is 6.74. The molecule has 0 heterocycles. The summed E-state index contributed by atoms with van der Waals surface area (Å²) in [5.41, 5.74) is 0.637. The highest BCUT2D eigenvalue weighted by Gasteiger charge is 2.37. The minimum atomic E-state index is -2.04. The number of halogens is 1. The molecule has 0 radical (unpaired) electrons. The molecular weight excluding hydrogens is 407 g/mol. The van der Waals surface area contributed by atoms with Crippen LogP contribution in [0.5, 0.6) is 0 Å². The molecule has 0 bridgehead atoms. The van der Waals surface area contributed by atoms with E-state index >= 15 is 0 Å². The lowest BCUT2D eigenvalue weighted by molar-refractivity contribution is -0.142. The number of carboxylic acids is 1. The maximum absolute atomic E-state index is 13.1. The Bertz CT molecular complexity index is 747. The van der Waals surface area contributed by atoms with Gasteiger partial charge >= 0.3 is 5.97 Å². The average Bonchev–Trinajstić information content (AvgIpc) is 2.60. The number of hydrogen-bond acceptors (Lipinski definition) is 4. The molecule has 1 aromatic rings. The van der Waals surface area contributed by atoms with E-state index in [1.54, 1.807) is 0 Å². The van der Waals surface area contributed by atoms with Gasteiger partial charge in [-0.1, -0.05) is 32.9 Å². The zero-order chi connectivity index (χ0) is 23.1. The molecule has 0 aliphatic heterocycles. The van der Waals surface area contributed by atoms with E-state index in [1.165, 1.54) is 31.2 Å². The zero-order valence-corrected chi connectivity index (χ0v) is 19.5. The Hall–Kier alpha value is -2.26. The van der Waals surface area contributed by atoms with E-state index in [0.717, 1.165) is 0 Å². The van der Waals surface area contributed by atoms with Crippen LogP contribution in [-0.2, 0) is 25.2 Å². The summed E-state index contributed by atoms with van der Waals surface area (Å²) in [7, 11) is -2.04. The number of rotatable bonds is 10. The largest absolute Gasteiger partial charge is 0.480 e. The maximum Gasteiger partial charge on any atom is 0.326 e. The zero-order valence-electron chi connectivity index (χ0n) is 18.5. The molecule has 0 saturated heterocycles. The first-order chi connectivity index (χ1) is 13.7. The van der Waals surface area contributed by atoms with Gasteiger partial charge in [-0.3, -0.25) is 9.59 Å². The van der Waals surface area contributed by atoms with Crippen LogP contribution in [0.25, 0.3) is 0 Å². The van der Waals surface area contributed by atoms with Gasteiger partial charge in [0.25, 0.3) is 0 Å². The molecule has 1 aromatic carbocycles. The second-order valence-electron chi connectivity index (χ2n) is 8.88. The van der Waals surface area contributed by atoms with Crippen molar-refractivity contribution in [1.29, 1.82) is 0 Å². The molecule has 0 fully saturated rings. The van der Waals surface area contributed by atoms with Crippen molar-refractivity contribution >= 4 is 26.1 Å². The Kier molecular flexibility index (Phi) is 9.17. The number of nitrogens with one attached hydrogen (secondary N) is 2. The standard InChI is InChI=1S/C21H33FN2O5Si/c1-14(25)23-18(13-15-7-9-16(22)10-8-15)19(26)24-17(20(27)28)11-12-29-30(5,6)21(2,3)4/h7-10,17-18H,11-13H2,1-6H3,(H,23,25)(H,24,26)(H,27,28)/t17-,18+/m0/s1. The van der Waals surface area contributed by atoms with E-state index in [1.807, 2.05) is 0 Å². The molecule has 2 atom stereocenters. The third kappa shape index (κ3) is 8.23. The SMILES string of the molecule is CC(=O)N[C@H](Cc1ccc(F)cc1)C(=O)N[C@@H](CCO[Si](C)(C)C(C)(C)C)C(=O)O. The van der Waals surface area contributed by atoms with Crippen molar-refractivity contribution in [3.8, 4) is 0 Å². The van der Waals surface area contributed by atoms with E-state index < -0.39 is 44.0 Å². The second-order valence-corrected chi connectivity index (χ2v) is 13.7. The van der Waals surface area contributed by atoms with Crippen LogP contribution in [0.3, 0.4) is 0 Å². The van der Waals surface area contributed by atoms with E-state index in [-0.39, 0.29) is 24.5 Å². The van der Waals surface area contributed by atoms with Crippen LogP contribution in [-0.4, -0.2) is 49.9 Å². The summed E-state index contributed by atoms with van der Waals surface area (Å²) in [6.07, 6.45) is 0.218. The van der Waals surface area contributed by atoms with Crippen molar-refractivity contribution in [2.45, 2.75) is 70.8 Å². The fourth-order valence-corrected chi connectivity index (χ4v) is 3.55. The predicted octanol–water partition coefficient (Wildman–Crippen LogP) is 2.85. The fourth-order valence-electron chi connectivity index (χ4n) is 2.49. The number of hydrogen-bond donors (Lipinski definition) is 3. The van der Waals surface area contributed by atoms with Crippen LogP contribution in [0, 0.1) is 5.82 Å². The molecule has 0 aliphatic carbocycles. The van der Waals surface area contributed by atoms with Gasteiger partial charge in [0, 0.05) is 26.4 Å². The van der Waals surface area contributed by atoms with Crippen molar-refractivity contribution in [3.05, 3.63) is 35.6 Å². The third-order valence-electron chi connectivity index (χ3n) is 5.34. The minimum Gasteiger partial charge on any atom is -0.480 e. The third-order valence-corrected chi connectivity index (χ3v) is 9.88. The summed E-state index contributed by atoms with van der Waals surface area (Å²) in [6, 6.07) is 3.42. The van der Waals surface area contributed by atoms with Gasteiger partial charge in [0.15, 0.2) is 8.32 Å². The van der Waals surface area contributed by atoms with E-state index in [0.29, 0.717) is 5.56 Å². The van der Waals surface area contributed by atoms with Crippen molar-refractivity contribution in [2.24, 2.45) is 0 Å². The Morgan fingerprint density at radius 3 is 2.13 bits per heavy atom. The minimum absolute atomic E-state index is 0.0133. The molecular formula is C21H33FN2O5Si. The van der Waals surface area contributed by atoms with Crippen LogP contribution in [0.2, 0.25) is 18.1 Å². The molecule has 0 aliphatic rings. The van der Waals surface area contributed by atoms with E-state index in [2.05, 4.69) is 44.5 Å². The molecule has 0 saturated carbocycles. The summed E-state index contributed by atoms with van der Waals surface area (Å²) in [4.78, 5) is 35.8. The smallest absolute Gasteiger partial charge is 0.326 e. The maximum atomic E-state index is 13.1. The lowest BCUT2D eigenvalue weighted by atomic mass is 10.0. The van der Waals surface area contributed by atoms with Gasteiger partial charge in [-0.15, -0.1) is 0 Å².